The van der Waals surface area contributed by atoms with Crippen molar-refractivity contribution in [3.8, 4) is 0 Å². The van der Waals surface area contributed by atoms with Gasteiger partial charge in [-0.15, -0.1) is 0 Å². The van der Waals surface area contributed by atoms with E-state index < -0.39 is 11.6 Å². The number of amides is 4. The van der Waals surface area contributed by atoms with Crippen molar-refractivity contribution in [1.82, 2.24) is 15.1 Å². The summed E-state index contributed by atoms with van der Waals surface area (Å²) in [5.41, 5.74) is 0.694. The number of carbonyl (C=O) groups is 3. The van der Waals surface area contributed by atoms with Gasteiger partial charge in [-0.3, -0.25) is 14.5 Å². The summed E-state index contributed by atoms with van der Waals surface area (Å²) in [4.78, 5) is 41.9. The fourth-order valence-electron chi connectivity index (χ4n) is 3.76. The van der Waals surface area contributed by atoms with Crippen LogP contribution in [0.4, 0.5) is 4.79 Å². The van der Waals surface area contributed by atoms with E-state index in [4.69, 9.17) is 0 Å². The van der Waals surface area contributed by atoms with Gasteiger partial charge in [0.05, 0.1) is 0 Å². The van der Waals surface area contributed by atoms with Crippen LogP contribution in [-0.4, -0.2) is 47.3 Å². The summed E-state index contributed by atoms with van der Waals surface area (Å²) in [5.74, 6) is 0.384. The van der Waals surface area contributed by atoms with Crippen molar-refractivity contribution >= 4 is 17.8 Å². The van der Waals surface area contributed by atoms with E-state index in [0.29, 0.717) is 24.9 Å². The van der Waals surface area contributed by atoms with Crippen molar-refractivity contribution in [2.75, 3.05) is 19.6 Å². The molecule has 2 rings (SSSR count). The SMILES string of the molecule is CC(C)CCN(CCC(C)C)C(=O)CN1C(=O)N[C@](C)(c2ccc(C(C)(C)C)cc2)C1=O. The van der Waals surface area contributed by atoms with E-state index in [-0.39, 0.29) is 23.8 Å². The van der Waals surface area contributed by atoms with E-state index in [0.717, 1.165) is 28.9 Å². The maximum absolute atomic E-state index is 13.3. The number of hydrogen-bond donors (Lipinski definition) is 1. The van der Waals surface area contributed by atoms with Crippen molar-refractivity contribution < 1.29 is 14.4 Å². The van der Waals surface area contributed by atoms with Crippen molar-refractivity contribution in [2.24, 2.45) is 11.8 Å². The van der Waals surface area contributed by atoms with Crippen LogP contribution in [0.5, 0.6) is 0 Å². The van der Waals surface area contributed by atoms with Crippen molar-refractivity contribution in [2.45, 2.75) is 79.2 Å². The van der Waals surface area contributed by atoms with E-state index in [1.165, 1.54) is 0 Å². The molecule has 0 spiro atoms. The molecule has 0 aliphatic carbocycles. The van der Waals surface area contributed by atoms with E-state index in [9.17, 15) is 14.4 Å². The second-order valence-corrected chi connectivity index (χ2v) is 11.0. The van der Waals surface area contributed by atoms with Gasteiger partial charge in [-0.2, -0.15) is 0 Å². The zero-order valence-electron chi connectivity index (χ0n) is 21.1. The molecule has 0 unspecified atom stereocenters. The molecule has 4 amide bonds. The number of nitrogens with one attached hydrogen (secondary N) is 1. The van der Waals surface area contributed by atoms with Gasteiger partial charge < -0.3 is 10.2 Å². The summed E-state index contributed by atoms with van der Waals surface area (Å²) in [5, 5.41) is 2.82. The van der Waals surface area contributed by atoms with Gasteiger partial charge in [0, 0.05) is 13.1 Å². The Balaban J connectivity index is 2.17. The lowest BCUT2D eigenvalue weighted by atomic mass is 9.84. The van der Waals surface area contributed by atoms with Crippen LogP contribution in [0.3, 0.4) is 0 Å². The molecule has 0 aromatic heterocycles. The minimum Gasteiger partial charge on any atom is -0.341 e. The number of imide groups is 1. The molecular formula is C26H41N3O3. The van der Waals surface area contributed by atoms with Crippen LogP contribution < -0.4 is 5.32 Å². The average molecular weight is 444 g/mol. The van der Waals surface area contributed by atoms with Gasteiger partial charge in [0.2, 0.25) is 5.91 Å². The summed E-state index contributed by atoms with van der Waals surface area (Å²) in [6.07, 6.45) is 1.78. The summed E-state index contributed by atoms with van der Waals surface area (Å²) in [7, 11) is 0. The van der Waals surface area contributed by atoms with Gasteiger partial charge in [0.15, 0.2) is 0 Å². The molecule has 1 aromatic rings. The van der Waals surface area contributed by atoms with Crippen LogP contribution in [-0.2, 0) is 20.5 Å². The van der Waals surface area contributed by atoms with Gasteiger partial charge >= 0.3 is 6.03 Å². The molecule has 1 atom stereocenters. The zero-order valence-corrected chi connectivity index (χ0v) is 21.1. The molecule has 0 saturated carbocycles. The average Bonchev–Trinajstić information content (AvgIpc) is 2.91. The van der Waals surface area contributed by atoms with E-state index >= 15 is 0 Å². The molecule has 1 aliphatic rings. The first-order valence-corrected chi connectivity index (χ1v) is 11.8. The predicted octanol–water partition coefficient (Wildman–Crippen LogP) is 4.67. The second-order valence-electron chi connectivity index (χ2n) is 11.0. The Labute approximate surface area is 193 Å². The molecule has 1 fully saturated rings. The Kier molecular flexibility index (Phi) is 8.13. The van der Waals surface area contributed by atoms with E-state index in [2.05, 4.69) is 53.8 Å². The van der Waals surface area contributed by atoms with Crippen LogP contribution >= 0.6 is 0 Å². The third-order valence-corrected chi connectivity index (χ3v) is 6.20. The van der Waals surface area contributed by atoms with Crippen LogP contribution in [0.15, 0.2) is 24.3 Å². The molecule has 0 bridgehead atoms. The third-order valence-electron chi connectivity index (χ3n) is 6.20. The maximum atomic E-state index is 13.3. The highest BCUT2D eigenvalue weighted by molar-refractivity contribution is 6.09. The number of hydrogen-bond acceptors (Lipinski definition) is 3. The normalized spacial score (nSPS) is 19.1. The van der Waals surface area contributed by atoms with Crippen LogP contribution in [0.2, 0.25) is 0 Å². The number of rotatable bonds is 9. The van der Waals surface area contributed by atoms with Gasteiger partial charge in [-0.05, 0) is 48.1 Å². The highest BCUT2D eigenvalue weighted by Gasteiger charge is 2.49. The monoisotopic (exact) mass is 443 g/mol. The van der Waals surface area contributed by atoms with Crippen LogP contribution in [0.1, 0.15) is 79.4 Å². The predicted molar refractivity (Wildman–Crippen MR) is 128 cm³/mol. The number of benzene rings is 1. The molecule has 1 aromatic carbocycles. The Morgan fingerprint density at radius 1 is 1.00 bits per heavy atom. The fourth-order valence-corrected chi connectivity index (χ4v) is 3.76. The molecule has 6 nitrogen and oxygen atoms in total. The topological polar surface area (TPSA) is 69.7 Å². The van der Waals surface area contributed by atoms with Crippen molar-refractivity contribution in [3.05, 3.63) is 35.4 Å². The largest absolute Gasteiger partial charge is 0.341 e. The summed E-state index contributed by atoms with van der Waals surface area (Å²) >= 11 is 0. The van der Waals surface area contributed by atoms with E-state index in [1.807, 2.05) is 24.3 Å². The minimum absolute atomic E-state index is 0.00372. The highest BCUT2D eigenvalue weighted by atomic mass is 16.2. The highest BCUT2D eigenvalue weighted by Crippen LogP contribution is 2.31. The molecule has 32 heavy (non-hydrogen) atoms. The van der Waals surface area contributed by atoms with Gasteiger partial charge in [-0.1, -0.05) is 72.7 Å². The Morgan fingerprint density at radius 3 is 1.94 bits per heavy atom. The molecule has 6 heteroatoms. The smallest absolute Gasteiger partial charge is 0.325 e. The Hall–Kier alpha value is -2.37. The second kappa shape index (κ2) is 10.1. The molecule has 1 saturated heterocycles. The zero-order chi connectivity index (χ0) is 24.3. The lowest BCUT2D eigenvalue weighted by Gasteiger charge is -2.27. The lowest BCUT2D eigenvalue weighted by molar-refractivity contribution is -0.139. The Morgan fingerprint density at radius 2 is 1.50 bits per heavy atom. The summed E-state index contributed by atoms with van der Waals surface area (Å²) < 4.78 is 0. The summed E-state index contributed by atoms with van der Waals surface area (Å²) in [6, 6.07) is 7.25. The maximum Gasteiger partial charge on any atom is 0.325 e. The first kappa shape index (κ1) is 25.9. The number of carbonyl (C=O) groups excluding carboxylic acids is 3. The number of nitrogens with zero attached hydrogens (tertiary/aromatic N) is 2. The van der Waals surface area contributed by atoms with Crippen LogP contribution in [0.25, 0.3) is 0 Å². The van der Waals surface area contributed by atoms with E-state index in [1.54, 1.807) is 11.8 Å². The van der Waals surface area contributed by atoms with Gasteiger partial charge in [-0.25, -0.2) is 4.79 Å². The summed E-state index contributed by atoms with van der Waals surface area (Å²) in [6.45, 7) is 17.6. The standard InChI is InChI=1S/C26H41N3O3/c1-18(2)13-15-28(16-14-19(3)4)22(30)17-29-23(31)26(8,27-24(29)32)21-11-9-20(10-12-21)25(5,6)7/h9-12,18-19H,13-17H2,1-8H3,(H,27,32)/t26-/m1/s1. The quantitative estimate of drug-likeness (QED) is 0.564. The first-order valence-electron chi connectivity index (χ1n) is 11.8. The van der Waals surface area contributed by atoms with Gasteiger partial charge in [0.1, 0.15) is 12.1 Å². The first-order chi connectivity index (χ1) is 14.8. The minimum atomic E-state index is -1.17. The third kappa shape index (κ3) is 6.11. The van der Waals surface area contributed by atoms with Gasteiger partial charge in [0.25, 0.3) is 5.91 Å². The lowest BCUT2D eigenvalue weighted by Crippen LogP contribution is -2.45. The molecule has 0 radical (unpaired) electrons. The number of urea groups is 1. The van der Waals surface area contributed by atoms with Crippen molar-refractivity contribution in [1.29, 1.82) is 0 Å². The van der Waals surface area contributed by atoms with Crippen LogP contribution in [0, 0.1) is 11.8 Å². The molecule has 1 heterocycles. The molecular weight excluding hydrogens is 402 g/mol. The molecule has 1 N–H and O–H groups in total. The Bertz CT molecular complexity index is 812. The van der Waals surface area contributed by atoms with Crippen molar-refractivity contribution in [3.63, 3.8) is 0 Å². The molecule has 178 valence electrons. The molecule has 1 aliphatic heterocycles. The fraction of sp³-hybridized carbons (Fsp3) is 0.654.